The second kappa shape index (κ2) is 6.82. The quantitative estimate of drug-likeness (QED) is 0.620. The van der Waals surface area contributed by atoms with E-state index in [9.17, 15) is 4.79 Å². The van der Waals surface area contributed by atoms with Crippen LogP contribution in [0.25, 0.3) is 0 Å². The molecule has 0 amide bonds. The van der Waals surface area contributed by atoms with Gasteiger partial charge in [0.05, 0.1) is 18.6 Å². The minimum Gasteiger partial charge on any atom is -0.463 e. The molecule has 0 fully saturated rings. The third kappa shape index (κ3) is 5.97. The number of rotatable bonds is 6. The first kappa shape index (κ1) is 13.4. The van der Waals surface area contributed by atoms with Crippen molar-refractivity contribution in [3.8, 4) is 0 Å². The molecule has 84 valence electrons. The standard InChI is InChI=1S/C11H22O3/c1-8(2)6-10(7-13-5)11(12)14-9(3)4/h8-10H,6-7H2,1-5H3. The Morgan fingerprint density at radius 3 is 2.14 bits per heavy atom. The molecule has 0 radical (unpaired) electrons. The molecule has 0 aliphatic heterocycles. The molecule has 0 bridgehead atoms. The van der Waals surface area contributed by atoms with Crippen molar-refractivity contribution in [3.63, 3.8) is 0 Å². The molecule has 0 spiro atoms. The fourth-order valence-electron chi connectivity index (χ4n) is 1.33. The Bertz CT molecular complexity index is 164. The number of carbonyl (C=O) groups is 1. The number of esters is 1. The van der Waals surface area contributed by atoms with Crippen LogP contribution in [0.1, 0.15) is 34.1 Å². The normalized spacial score (nSPS) is 13.4. The zero-order valence-corrected chi connectivity index (χ0v) is 9.87. The van der Waals surface area contributed by atoms with Gasteiger partial charge in [-0.3, -0.25) is 4.79 Å². The van der Waals surface area contributed by atoms with Crippen LogP contribution in [-0.2, 0) is 14.3 Å². The van der Waals surface area contributed by atoms with Crippen LogP contribution in [0.5, 0.6) is 0 Å². The summed E-state index contributed by atoms with van der Waals surface area (Å²) in [6.07, 6.45) is 0.772. The summed E-state index contributed by atoms with van der Waals surface area (Å²) >= 11 is 0. The van der Waals surface area contributed by atoms with E-state index in [0.29, 0.717) is 12.5 Å². The van der Waals surface area contributed by atoms with Gasteiger partial charge in [-0.25, -0.2) is 0 Å². The third-order valence-electron chi connectivity index (χ3n) is 1.81. The lowest BCUT2D eigenvalue weighted by Gasteiger charge is -2.18. The van der Waals surface area contributed by atoms with Gasteiger partial charge in [-0.05, 0) is 26.2 Å². The number of ether oxygens (including phenoxy) is 2. The van der Waals surface area contributed by atoms with Gasteiger partial charge in [0.25, 0.3) is 0 Å². The van der Waals surface area contributed by atoms with Gasteiger partial charge in [0.15, 0.2) is 0 Å². The predicted octanol–water partition coefficient (Wildman–Crippen LogP) is 2.25. The second-order valence-corrected chi connectivity index (χ2v) is 4.27. The van der Waals surface area contributed by atoms with Crippen molar-refractivity contribution in [1.82, 2.24) is 0 Å². The molecule has 14 heavy (non-hydrogen) atoms. The number of methoxy groups -OCH3 is 1. The Morgan fingerprint density at radius 2 is 1.79 bits per heavy atom. The highest BCUT2D eigenvalue weighted by atomic mass is 16.5. The van der Waals surface area contributed by atoms with Gasteiger partial charge in [0.2, 0.25) is 0 Å². The Balaban J connectivity index is 4.10. The highest BCUT2D eigenvalue weighted by molar-refractivity contribution is 5.72. The highest BCUT2D eigenvalue weighted by Crippen LogP contribution is 2.14. The van der Waals surface area contributed by atoms with Crippen LogP contribution in [0.3, 0.4) is 0 Å². The van der Waals surface area contributed by atoms with Gasteiger partial charge in [-0.2, -0.15) is 0 Å². The maximum absolute atomic E-state index is 11.6. The summed E-state index contributed by atoms with van der Waals surface area (Å²) in [6.45, 7) is 8.34. The molecule has 0 aliphatic rings. The van der Waals surface area contributed by atoms with E-state index in [1.807, 2.05) is 13.8 Å². The molecule has 3 heteroatoms. The highest BCUT2D eigenvalue weighted by Gasteiger charge is 2.21. The molecule has 0 aromatic carbocycles. The average molecular weight is 202 g/mol. The topological polar surface area (TPSA) is 35.5 Å². The van der Waals surface area contributed by atoms with Crippen LogP contribution in [0.2, 0.25) is 0 Å². The van der Waals surface area contributed by atoms with Gasteiger partial charge in [-0.15, -0.1) is 0 Å². The van der Waals surface area contributed by atoms with Gasteiger partial charge in [0, 0.05) is 7.11 Å². The summed E-state index contributed by atoms with van der Waals surface area (Å²) in [5.74, 6) is 0.216. The number of hydrogen-bond acceptors (Lipinski definition) is 3. The summed E-state index contributed by atoms with van der Waals surface area (Å²) < 4.78 is 10.2. The van der Waals surface area contributed by atoms with Crippen molar-refractivity contribution >= 4 is 5.97 Å². The van der Waals surface area contributed by atoms with Gasteiger partial charge in [0.1, 0.15) is 0 Å². The summed E-state index contributed by atoms with van der Waals surface area (Å²) in [5, 5.41) is 0. The lowest BCUT2D eigenvalue weighted by Crippen LogP contribution is -2.26. The average Bonchev–Trinajstić information content (AvgIpc) is 2.01. The van der Waals surface area contributed by atoms with Crippen LogP contribution in [-0.4, -0.2) is 25.8 Å². The zero-order chi connectivity index (χ0) is 11.1. The van der Waals surface area contributed by atoms with Gasteiger partial charge in [-0.1, -0.05) is 13.8 Å². The Labute approximate surface area is 86.8 Å². The van der Waals surface area contributed by atoms with Gasteiger partial charge >= 0.3 is 5.97 Å². The zero-order valence-electron chi connectivity index (χ0n) is 9.87. The second-order valence-electron chi connectivity index (χ2n) is 4.27. The Hall–Kier alpha value is -0.570. The summed E-state index contributed by atoms with van der Waals surface area (Å²) in [4.78, 5) is 11.6. The Morgan fingerprint density at radius 1 is 1.21 bits per heavy atom. The van der Waals surface area contributed by atoms with Crippen LogP contribution >= 0.6 is 0 Å². The Kier molecular flexibility index (Phi) is 6.54. The van der Waals surface area contributed by atoms with Crippen LogP contribution < -0.4 is 0 Å². The minimum absolute atomic E-state index is 0.0472. The van der Waals surface area contributed by atoms with Crippen molar-refractivity contribution in [1.29, 1.82) is 0 Å². The van der Waals surface area contributed by atoms with Crippen LogP contribution in [0, 0.1) is 11.8 Å². The summed E-state index contributed by atoms with van der Waals surface area (Å²) in [5.41, 5.74) is 0. The minimum atomic E-state index is -0.143. The molecular formula is C11H22O3. The van der Waals surface area contributed by atoms with E-state index in [1.165, 1.54) is 0 Å². The van der Waals surface area contributed by atoms with E-state index in [2.05, 4.69) is 13.8 Å². The molecule has 3 nitrogen and oxygen atoms in total. The summed E-state index contributed by atoms with van der Waals surface area (Å²) in [7, 11) is 1.61. The first-order chi connectivity index (χ1) is 6.47. The van der Waals surface area contributed by atoms with Crippen molar-refractivity contribution in [3.05, 3.63) is 0 Å². The molecule has 1 atom stereocenters. The smallest absolute Gasteiger partial charge is 0.311 e. The SMILES string of the molecule is COCC(CC(C)C)C(=O)OC(C)C. The first-order valence-electron chi connectivity index (χ1n) is 5.16. The summed E-state index contributed by atoms with van der Waals surface area (Å²) in [6, 6.07) is 0. The van der Waals surface area contributed by atoms with E-state index in [0.717, 1.165) is 6.42 Å². The maximum atomic E-state index is 11.6. The lowest BCUT2D eigenvalue weighted by atomic mass is 9.98. The molecule has 0 heterocycles. The van der Waals surface area contributed by atoms with E-state index < -0.39 is 0 Å². The molecule has 0 N–H and O–H groups in total. The fraction of sp³-hybridized carbons (Fsp3) is 0.909. The van der Waals surface area contributed by atoms with E-state index >= 15 is 0 Å². The third-order valence-corrected chi connectivity index (χ3v) is 1.81. The lowest BCUT2D eigenvalue weighted by molar-refractivity contribution is -0.154. The molecule has 0 rings (SSSR count). The van der Waals surface area contributed by atoms with E-state index in [-0.39, 0.29) is 18.0 Å². The molecule has 0 aliphatic carbocycles. The first-order valence-corrected chi connectivity index (χ1v) is 5.16. The van der Waals surface area contributed by atoms with Crippen molar-refractivity contribution < 1.29 is 14.3 Å². The van der Waals surface area contributed by atoms with Crippen molar-refractivity contribution in [2.75, 3.05) is 13.7 Å². The number of carbonyl (C=O) groups excluding carboxylic acids is 1. The molecule has 0 aromatic rings. The van der Waals surface area contributed by atoms with Crippen molar-refractivity contribution in [2.24, 2.45) is 11.8 Å². The van der Waals surface area contributed by atoms with Crippen LogP contribution in [0.4, 0.5) is 0 Å². The molecule has 0 saturated carbocycles. The molecule has 0 saturated heterocycles. The van der Waals surface area contributed by atoms with E-state index in [1.54, 1.807) is 7.11 Å². The molecule has 0 aromatic heterocycles. The predicted molar refractivity (Wildman–Crippen MR) is 56.0 cm³/mol. The molecule has 1 unspecified atom stereocenters. The maximum Gasteiger partial charge on any atom is 0.311 e. The van der Waals surface area contributed by atoms with E-state index in [4.69, 9.17) is 9.47 Å². The largest absolute Gasteiger partial charge is 0.463 e. The van der Waals surface area contributed by atoms with Crippen molar-refractivity contribution in [2.45, 2.75) is 40.2 Å². The van der Waals surface area contributed by atoms with Gasteiger partial charge < -0.3 is 9.47 Å². The number of hydrogen-bond donors (Lipinski definition) is 0. The monoisotopic (exact) mass is 202 g/mol. The molecular weight excluding hydrogens is 180 g/mol. The fourth-order valence-corrected chi connectivity index (χ4v) is 1.33. The van der Waals surface area contributed by atoms with Crippen LogP contribution in [0.15, 0.2) is 0 Å².